The van der Waals surface area contributed by atoms with E-state index in [2.05, 4.69) is 22.4 Å². The number of likely N-dealkylation sites (tertiary alicyclic amines) is 1. The Balaban J connectivity index is 1.33. The van der Waals surface area contributed by atoms with Crippen LogP contribution in [0.2, 0.25) is 0 Å². The Kier molecular flexibility index (Phi) is 8.44. The fourth-order valence-corrected chi connectivity index (χ4v) is 4.52. The summed E-state index contributed by atoms with van der Waals surface area (Å²) in [6.45, 7) is 2.03. The van der Waals surface area contributed by atoms with Gasteiger partial charge in [0.2, 0.25) is 5.91 Å². The van der Waals surface area contributed by atoms with E-state index >= 15 is 0 Å². The van der Waals surface area contributed by atoms with Crippen LogP contribution in [0.3, 0.4) is 0 Å². The number of carbonyl (C=O) groups excluding carboxylic acids is 1. The third kappa shape index (κ3) is 7.32. The summed E-state index contributed by atoms with van der Waals surface area (Å²) in [5.74, 6) is -1.10. The normalized spacial score (nSPS) is 15.5. The molecule has 0 aromatic heterocycles. The second-order valence-electron chi connectivity index (χ2n) is 9.44. The molecule has 0 atom stereocenters. The number of hydrogen-bond acceptors (Lipinski definition) is 4. The molecular weight excluding hydrogens is 472 g/mol. The number of nitrogens with zero attached hydrogens (tertiary/aromatic N) is 2. The fourth-order valence-electron chi connectivity index (χ4n) is 4.52. The molecule has 1 saturated heterocycles. The van der Waals surface area contributed by atoms with Gasteiger partial charge in [-0.3, -0.25) is 9.69 Å². The molecule has 0 radical (unpaired) electrons. The van der Waals surface area contributed by atoms with E-state index in [1.54, 1.807) is 36.4 Å². The number of rotatable bonds is 8. The maximum absolute atomic E-state index is 13.5. The number of nitriles is 1. The Bertz CT molecular complexity index is 1210. The molecule has 3 aromatic rings. The molecule has 190 valence electrons. The molecule has 1 amide bonds. The quantitative estimate of drug-likeness (QED) is 0.457. The summed E-state index contributed by atoms with van der Waals surface area (Å²) in [7, 11) is 0. The van der Waals surface area contributed by atoms with Gasteiger partial charge in [-0.1, -0.05) is 48.6 Å². The van der Waals surface area contributed by atoms with Crippen LogP contribution in [0.25, 0.3) is 6.08 Å². The lowest BCUT2D eigenvalue weighted by atomic mass is 9.87. The van der Waals surface area contributed by atoms with Crippen LogP contribution in [0, 0.1) is 23.0 Å². The zero-order chi connectivity index (χ0) is 26.3. The smallest absolute Gasteiger partial charge is 0.223 e. The van der Waals surface area contributed by atoms with Crippen molar-refractivity contribution in [2.75, 3.05) is 19.6 Å². The van der Waals surface area contributed by atoms with E-state index in [9.17, 15) is 18.7 Å². The summed E-state index contributed by atoms with van der Waals surface area (Å²) in [6, 6.07) is 20.5. The van der Waals surface area contributed by atoms with Crippen LogP contribution in [0.5, 0.6) is 0 Å². The number of hydrogen-bond donors (Lipinski definition) is 2. The third-order valence-corrected chi connectivity index (χ3v) is 6.70. The number of carbonyl (C=O) groups is 1. The van der Waals surface area contributed by atoms with Crippen molar-refractivity contribution in [3.05, 3.63) is 113 Å². The van der Waals surface area contributed by atoms with Crippen molar-refractivity contribution < 1.29 is 18.7 Å². The van der Waals surface area contributed by atoms with Gasteiger partial charge in [0.25, 0.3) is 0 Å². The topological polar surface area (TPSA) is 76.4 Å². The van der Waals surface area contributed by atoms with E-state index in [0.717, 1.165) is 12.1 Å². The van der Waals surface area contributed by atoms with Crippen molar-refractivity contribution >= 4 is 12.0 Å². The highest BCUT2D eigenvalue weighted by Crippen LogP contribution is 2.28. The molecule has 7 heteroatoms. The van der Waals surface area contributed by atoms with Gasteiger partial charge in [-0.05, 0) is 65.9 Å². The largest absolute Gasteiger partial charge is 0.389 e. The maximum atomic E-state index is 13.5. The molecule has 0 aliphatic carbocycles. The first-order chi connectivity index (χ1) is 17.8. The number of nitrogens with one attached hydrogen (secondary N) is 1. The van der Waals surface area contributed by atoms with Gasteiger partial charge in [-0.25, -0.2) is 8.78 Å². The lowest BCUT2D eigenvalue weighted by molar-refractivity contribution is -0.128. The van der Waals surface area contributed by atoms with E-state index in [1.165, 1.54) is 24.3 Å². The summed E-state index contributed by atoms with van der Waals surface area (Å²) in [6.07, 6.45) is 4.92. The minimum atomic E-state index is -1.12. The average molecular weight is 502 g/mol. The highest BCUT2D eigenvalue weighted by Gasteiger charge is 2.34. The summed E-state index contributed by atoms with van der Waals surface area (Å²) in [5.41, 5.74) is 1.85. The molecular formula is C30H29F2N3O2. The average Bonchev–Trinajstić information content (AvgIpc) is 2.90. The molecule has 0 unspecified atom stereocenters. The Morgan fingerprint density at radius 2 is 1.51 bits per heavy atom. The number of aliphatic hydroxyl groups is 1. The Morgan fingerprint density at radius 1 is 0.973 bits per heavy atom. The second-order valence-corrected chi connectivity index (χ2v) is 9.44. The van der Waals surface area contributed by atoms with Crippen LogP contribution >= 0.6 is 0 Å². The van der Waals surface area contributed by atoms with Crippen molar-refractivity contribution in [3.8, 4) is 6.07 Å². The van der Waals surface area contributed by atoms with Gasteiger partial charge in [-0.15, -0.1) is 0 Å². The summed E-state index contributed by atoms with van der Waals surface area (Å²) < 4.78 is 26.9. The third-order valence-electron chi connectivity index (χ3n) is 6.70. The molecule has 1 heterocycles. The second kappa shape index (κ2) is 11.9. The van der Waals surface area contributed by atoms with Crippen LogP contribution in [0.15, 0.2) is 78.9 Å². The van der Waals surface area contributed by atoms with Crippen molar-refractivity contribution in [1.82, 2.24) is 10.2 Å². The van der Waals surface area contributed by atoms with Crippen molar-refractivity contribution in [3.63, 3.8) is 0 Å². The summed E-state index contributed by atoms with van der Waals surface area (Å²) >= 11 is 0. The lowest BCUT2D eigenvalue weighted by Gasteiger charge is -2.37. The minimum absolute atomic E-state index is 0.0548. The Hall–Kier alpha value is -3.86. The standard InChI is InChI=1S/C30H29F2N3O2/c31-26-11-7-24(8-12-26)29(25-9-13-27(32)14-10-25)34-28(36)20-30(37)15-18-35(19-16-30)17-1-2-22-3-5-23(21-33)6-4-22/h1-14,29,37H,15-20H2,(H,34,36)/b2-1+. The molecule has 0 spiro atoms. The van der Waals surface area contributed by atoms with E-state index in [4.69, 9.17) is 5.26 Å². The van der Waals surface area contributed by atoms with E-state index in [1.807, 2.05) is 18.2 Å². The van der Waals surface area contributed by atoms with Crippen molar-refractivity contribution in [1.29, 1.82) is 5.26 Å². The van der Waals surface area contributed by atoms with Crippen molar-refractivity contribution in [2.24, 2.45) is 0 Å². The van der Waals surface area contributed by atoms with E-state index < -0.39 is 11.6 Å². The molecule has 5 nitrogen and oxygen atoms in total. The first kappa shape index (κ1) is 26.2. The van der Waals surface area contributed by atoms with Gasteiger partial charge in [0.05, 0.1) is 29.7 Å². The Morgan fingerprint density at radius 3 is 2.03 bits per heavy atom. The fraction of sp³-hybridized carbons (Fsp3) is 0.267. The lowest BCUT2D eigenvalue weighted by Crippen LogP contribution is -2.47. The van der Waals surface area contributed by atoms with Crippen molar-refractivity contribution in [2.45, 2.75) is 30.9 Å². The van der Waals surface area contributed by atoms with E-state index in [-0.39, 0.29) is 24.0 Å². The van der Waals surface area contributed by atoms with Crippen LogP contribution < -0.4 is 5.32 Å². The molecule has 3 aromatic carbocycles. The molecule has 1 aliphatic rings. The van der Waals surface area contributed by atoms with Crippen LogP contribution in [0.1, 0.15) is 47.6 Å². The molecule has 0 saturated carbocycles. The molecule has 37 heavy (non-hydrogen) atoms. The number of halogens is 2. The minimum Gasteiger partial charge on any atom is -0.389 e. The molecule has 1 fully saturated rings. The molecule has 4 rings (SSSR count). The van der Waals surface area contributed by atoms with E-state index in [0.29, 0.717) is 42.6 Å². The summed E-state index contributed by atoms with van der Waals surface area (Å²) in [4.78, 5) is 15.2. The first-order valence-electron chi connectivity index (χ1n) is 12.3. The molecule has 0 bridgehead atoms. The monoisotopic (exact) mass is 501 g/mol. The predicted octanol–water partition coefficient (Wildman–Crippen LogP) is 4.97. The SMILES string of the molecule is N#Cc1ccc(/C=C/CN2CCC(O)(CC(=O)NC(c3ccc(F)cc3)c3ccc(F)cc3)CC2)cc1. The highest BCUT2D eigenvalue weighted by atomic mass is 19.1. The van der Waals surface area contributed by atoms with Gasteiger partial charge >= 0.3 is 0 Å². The predicted molar refractivity (Wildman–Crippen MR) is 138 cm³/mol. The number of amides is 1. The zero-order valence-electron chi connectivity index (χ0n) is 20.4. The highest BCUT2D eigenvalue weighted by molar-refractivity contribution is 5.78. The Labute approximate surface area is 215 Å². The number of benzene rings is 3. The van der Waals surface area contributed by atoms with Gasteiger partial charge in [-0.2, -0.15) is 5.26 Å². The zero-order valence-corrected chi connectivity index (χ0v) is 20.4. The number of piperidine rings is 1. The van der Waals surface area contributed by atoms with Gasteiger partial charge in [0.1, 0.15) is 11.6 Å². The van der Waals surface area contributed by atoms with Crippen LogP contribution in [0.4, 0.5) is 8.78 Å². The van der Waals surface area contributed by atoms with Gasteiger partial charge in [0, 0.05) is 19.6 Å². The van der Waals surface area contributed by atoms with Crippen LogP contribution in [-0.4, -0.2) is 41.1 Å². The van der Waals surface area contributed by atoms with Gasteiger partial charge in [0.15, 0.2) is 0 Å². The molecule has 1 aliphatic heterocycles. The summed E-state index contributed by atoms with van der Waals surface area (Å²) in [5, 5.41) is 22.9. The van der Waals surface area contributed by atoms with Crippen LogP contribution in [-0.2, 0) is 4.79 Å². The van der Waals surface area contributed by atoms with Gasteiger partial charge < -0.3 is 10.4 Å². The molecule has 2 N–H and O–H groups in total. The maximum Gasteiger partial charge on any atom is 0.223 e. The first-order valence-corrected chi connectivity index (χ1v) is 12.3.